The van der Waals surface area contributed by atoms with E-state index in [9.17, 15) is 0 Å². The van der Waals surface area contributed by atoms with Gasteiger partial charge in [-0.2, -0.15) is 0 Å². The minimum Gasteiger partial charge on any atom is -1.00 e. The topological polar surface area (TPSA) is 72.3 Å². The minimum atomic E-state index is 0. The number of hydrogen-bond donors (Lipinski definition) is 3. The van der Waals surface area contributed by atoms with E-state index in [0.29, 0.717) is 0 Å². The van der Waals surface area contributed by atoms with E-state index in [1.54, 1.807) is 0 Å². The first-order valence-electron chi connectivity index (χ1n) is 1.15. The third-order valence-electron chi connectivity index (χ3n) is 0. The Kier molecular flexibility index (Phi) is 123. The summed E-state index contributed by atoms with van der Waals surface area (Å²) in [6.07, 6.45) is 0.278. The minimum absolute atomic E-state index is 0. The summed E-state index contributed by atoms with van der Waals surface area (Å²) < 4.78 is 0. The molecule has 0 amide bonds. The smallest absolute Gasteiger partial charge is 0.147 e. The van der Waals surface area contributed by atoms with Crippen molar-refractivity contribution < 1.29 is 17.5 Å². The number of halogens is 1. The van der Waals surface area contributed by atoms with Crippen LogP contribution >= 0.6 is 9.24 Å². The average molecular weight is 133 g/mol. The maximum Gasteiger partial charge on any atom is 0.147 e. The molecule has 6 heavy (non-hydrogen) atoms. The summed E-state index contributed by atoms with van der Waals surface area (Å²) in [6.45, 7) is 0. The van der Waals surface area contributed by atoms with Crippen molar-refractivity contribution in [2.45, 2.75) is 0 Å². The predicted molar refractivity (Wildman–Crippen MR) is 26.6 cm³/mol. The van der Waals surface area contributed by atoms with Gasteiger partial charge in [0.1, 0.15) is 6.35 Å². The van der Waals surface area contributed by atoms with E-state index >= 15 is 0 Å². The molecule has 0 aliphatic rings. The largest absolute Gasteiger partial charge is 1.00 e. The van der Waals surface area contributed by atoms with Gasteiger partial charge in [0.15, 0.2) is 0 Å². The molecule has 0 bridgehead atoms. The van der Waals surface area contributed by atoms with Crippen LogP contribution < -0.4 is 24.1 Å². The first kappa shape index (κ1) is 16.0. The van der Waals surface area contributed by atoms with Crippen molar-refractivity contribution in [1.82, 2.24) is 0 Å². The van der Waals surface area contributed by atoms with Crippen molar-refractivity contribution >= 4 is 9.24 Å². The molecule has 0 aromatic rings. The Morgan fingerprint density at radius 1 is 1.50 bits per heavy atom. The van der Waals surface area contributed by atoms with Crippen LogP contribution in [0.25, 0.3) is 0 Å². The number of hydrogen-bond acceptors (Lipinski definition) is 3. The van der Waals surface area contributed by atoms with Gasteiger partial charge in [-0.15, -0.1) is 0 Å². The van der Waals surface area contributed by atoms with Gasteiger partial charge in [0.05, 0.1) is 0 Å². The molecule has 5 N–H and O–H groups in total. The summed E-state index contributed by atoms with van der Waals surface area (Å²) in [4.78, 5) is 0. The highest BCUT2D eigenvalue weighted by atomic mass is 35.5. The lowest BCUT2D eigenvalue weighted by Crippen LogP contribution is -3.00. The molecule has 42 valence electrons. The van der Waals surface area contributed by atoms with Crippen LogP contribution in [0.1, 0.15) is 0 Å². The highest BCUT2D eigenvalue weighted by Gasteiger charge is 1.42. The SMILES string of the molecule is NN.OC[PH3+].[Cl-]. The summed E-state index contributed by atoms with van der Waals surface area (Å²) in [5.74, 6) is 8.00. The zero-order valence-electron chi connectivity index (χ0n) is 3.39. The van der Waals surface area contributed by atoms with E-state index in [2.05, 4.69) is 11.7 Å². The molecule has 0 aliphatic heterocycles. The highest BCUT2D eigenvalue weighted by molar-refractivity contribution is 7.16. The fourth-order valence-corrected chi connectivity index (χ4v) is 0. The number of nitrogens with two attached hydrogens (primary N) is 2. The first-order chi connectivity index (χ1) is 2.41. The summed E-state index contributed by atoms with van der Waals surface area (Å²) in [6, 6.07) is 0. The van der Waals surface area contributed by atoms with E-state index in [0.717, 1.165) is 0 Å². The highest BCUT2D eigenvalue weighted by Crippen LogP contribution is 1.63. The van der Waals surface area contributed by atoms with Crippen LogP contribution in [0.2, 0.25) is 0 Å². The van der Waals surface area contributed by atoms with Gasteiger partial charge in [0, 0.05) is 9.24 Å². The Balaban J connectivity index is -0.0000000275. The fraction of sp³-hybridized carbons (Fsp3) is 1.00. The van der Waals surface area contributed by atoms with E-state index in [1.807, 2.05) is 0 Å². The average Bonchev–Trinajstić information content (AvgIpc) is 1.46. The normalized spacial score (nSPS) is 4.50. The van der Waals surface area contributed by atoms with Crippen LogP contribution in [0.4, 0.5) is 0 Å². The molecule has 0 aromatic carbocycles. The molecular weight excluding hydrogens is 122 g/mol. The van der Waals surface area contributed by atoms with E-state index < -0.39 is 0 Å². The maximum atomic E-state index is 7.58. The Morgan fingerprint density at radius 3 is 1.50 bits per heavy atom. The third-order valence-corrected chi connectivity index (χ3v) is 0. The molecule has 0 radical (unpaired) electrons. The van der Waals surface area contributed by atoms with Crippen LogP contribution in [0.5, 0.6) is 0 Å². The van der Waals surface area contributed by atoms with Gasteiger partial charge in [0.25, 0.3) is 0 Å². The lowest BCUT2D eigenvalue weighted by atomic mass is 11.7. The Hall–Kier alpha value is 0.600. The molecule has 0 saturated carbocycles. The zero-order chi connectivity index (χ0) is 4.71. The molecule has 1 unspecified atom stereocenters. The molecule has 0 saturated heterocycles. The Labute approximate surface area is 45.7 Å². The van der Waals surface area contributed by atoms with Gasteiger partial charge in [-0.25, -0.2) is 0 Å². The van der Waals surface area contributed by atoms with E-state index in [4.69, 9.17) is 5.11 Å². The maximum absolute atomic E-state index is 7.58. The molecule has 0 aromatic heterocycles. The van der Waals surface area contributed by atoms with Crippen molar-refractivity contribution in [3.63, 3.8) is 0 Å². The van der Waals surface area contributed by atoms with Gasteiger partial charge >= 0.3 is 0 Å². The third kappa shape index (κ3) is 166. The summed E-state index contributed by atoms with van der Waals surface area (Å²) in [7, 11) is 1.53. The molecule has 1 atom stereocenters. The second-order valence-corrected chi connectivity index (χ2v) is 0.671. The van der Waals surface area contributed by atoms with Gasteiger partial charge in [0.2, 0.25) is 0 Å². The second-order valence-electron chi connectivity index (χ2n) is 0.224. The lowest BCUT2D eigenvalue weighted by Gasteiger charge is -1.45. The lowest BCUT2D eigenvalue weighted by molar-refractivity contribution is -0.00000206. The number of hydrazine groups is 1. The van der Waals surface area contributed by atoms with Crippen LogP contribution in [0, 0.1) is 0 Å². The quantitative estimate of drug-likeness (QED) is 0.176. The van der Waals surface area contributed by atoms with Crippen LogP contribution in [-0.4, -0.2) is 11.5 Å². The van der Waals surface area contributed by atoms with Crippen molar-refractivity contribution in [2.75, 3.05) is 6.35 Å². The molecular formula is CH10ClN2OP. The Bertz CT molecular complexity index is 13.5. The van der Waals surface area contributed by atoms with Crippen LogP contribution in [0.15, 0.2) is 0 Å². The predicted octanol–water partition coefficient (Wildman–Crippen LogP) is -4.63. The molecule has 0 rings (SSSR count). The summed E-state index contributed by atoms with van der Waals surface area (Å²) in [5.41, 5.74) is 0. The first-order valence-corrected chi connectivity index (χ1v) is 2.15. The second kappa shape index (κ2) is 46.3. The van der Waals surface area contributed by atoms with E-state index in [-0.39, 0.29) is 18.8 Å². The Morgan fingerprint density at radius 2 is 1.50 bits per heavy atom. The van der Waals surface area contributed by atoms with Crippen molar-refractivity contribution in [2.24, 2.45) is 11.7 Å². The summed E-state index contributed by atoms with van der Waals surface area (Å²) >= 11 is 0. The van der Waals surface area contributed by atoms with E-state index in [1.165, 1.54) is 9.24 Å². The standard InChI is InChI=1S/CH5OP.ClH.H4N2/c2-1-3;;1-2/h2H,1,3H2;1H;1-2H2. The van der Waals surface area contributed by atoms with Gasteiger partial charge in [-0.05, 0) is 0 Å². The van der Waals surface area contributed by atoms with Gasteiger partial charge < -0.3 is 17.5 Å². The van der Waals surface area contributed by atoms with Gasteiger partial charge in [-0.3, -0.25) is 11.7 Å². The zero-order valence-corrected chi connectivity index (χ0v) is 5.56. The van der Waals surface area contributed by atoms with Crippen molar-refractivity contribution in [1.29, 1.82) is 0 Å². The van der Waals surface area contributed by atoms with Crippen LogP contribution in [-0.2, 0) is 0 Å². The molecule has 0 heterocycles. The monoisotopic (exact) mass is 132 g/mol. The van der Waals surface area contributed by atoms with Crippen LogP contribution in [0.3, 0.4) is 0 Å². The number of rotatable bonds is 0. The van der Waals surface area contributed by atoms with Crippen molar-refractivity contribution in [3.05, 3.63) is 0 Å². The molecule has 3 nitrogen and oxygen atoms in total. The fourth-order valence-electron chi connectivity index (χ4n) is 0. The van der Waals surface area contributed by atoms with Crippen molar-refractivity contribution in [3.8, 4) is 0 Å². The molecule has 0 fully saturated rings. The molecule has 5 heteroatoms. The molecule has 0 spiro atoms. The number of aliphatic hydroxyl groups excluding tert-OH is 1. The number of aliphatic hydroxyl groups is 1. The molecule has 0 aliphatic carbocycles. The summed E-state index contributed by atoms with van der Waals surface area (Å²) in [5, 5.41) is 7.58. The van der Waals surface area contributed by atoms with Gasteiger partial charge in [-0.1, -0.05) is 0 Å².